The fourth-order valence-electron chi connectivity index (χ4n) is 2.99. The van der Waals surface area contributed by atoms with Crippen LogP contribution >= 0.6 is 0 Å². The molecule has 0 amide bonds. The smallest absolute Gasteiger partial charge is 0.124 e. The van der Waals surface area contributed by atoms with Gasteiger partial charge in [-0.1, -0.05) is 38.0 Å². The molecule has 1 aliphatic rings. The van der Waals surface area contributed by atoms with E-state index in [2.05, 4.69) is 12.2 Å². The van der Waals surface area contributed by atoms with Gasteiger partial charge in [0.25, 0.3) is 0 Å². The standard InChI is InChI=1S/C16H25NO2/c1-3-4-7-13-12-16(18,10-11-17-13)14-8-5-6-9-15(14)19-2/h5-6,8-9,13,17-18H,3-4,7,10-12H2,1-2H3. The molecule has 1 aliphatic heterocycles. The van der Waals surface area contributed by atoms with E-state index in [1.54, 1.807) is 7.11 Å². The Morgan fingerprint density at radius 3 is 2.95 bits per heavy atom. The van der Waals surface area contributed by atoms with Gasteiger partial charge in [-0.2, -0.15) is 0 Å². The number of piperidine rings is 1. The molecule has 0 aromatic heterocycles. The van der Waals surface area contributed by atoms with E-state index in [1.165, 1.54) is 12.8 Å². The number of hydrogen-bond donors (Lipinski definition) is 2. The maximum absolute atomic E-state index is 11.0. The molecular formula is C16H25NO2. The highest BCUT2D eigenvalue weighted by atomic mass is 16.5. The quantitative estimate of drug-likeness (QED) is 0.858. The second-order valence-corrected chi connectivity index (χ2v) is 5.48. The number of methoxy groups -OCH3 is 1. The van der Waals surface area contributed by atoms with Crippen molar-refractivity contribution in [2.45, 2.75) is 50.7 Å². The summed E-state index contributed by atoms with van der Waals surface area (Å²) in [4.78, 5) is 0. The third kappa shape index (κ3) is 3.28. The SMILES string of the molecule is CCCCC1CC(O)(c2ccccc2OC)CCN1. The molecule has 0 aliphatic carbocycles. The third-order valence-corrected chi connectivity index (χ3v) is 4.07. The zero-order valence-electron chi connectivity index (χ0n) is 12.0. The van der Waals surface area contributed by atoms with Crippen molar-refractivity contribution in [2.24, 2.45) is 0 Å². The summed E-state index contributed by atoms with van der Waals surface area (Å²) in [7, 11) is 1.66. The summed E-state index contributed by atoms with van der Waals surface area (Å²) in [5.74, 6) is 0.793. The number of unbranched alkanes of at least 4 members (excludes halogenated alkanes) is 1. The van der Waals surface area contributed by atoms with Gasteiger partial charge in [0.2, 0.25) is 0 Å². The van der Waals surface area contributed by atoms with Crippen LogP contribution in [0.15, 0.2) is 24.3 Å². The second kappa shape index (κ2) is 6.40. The van der Waals surface area contributed by atoms with Gasteiger partial charge in [0.05, 0.1) is 12.7 Å². The van der Waals surface area contributed by atoms with Gasteiger partial charge < -0.3 is 15.2 Å². The molecule has 2 unspecified atom stereocenters. The predicted octanol–water partition coefficient (Wildman–Crippen LogP) is 2.83. The maximum Gasteiger partial charge on any atom is 0.124 e. The van der Waals surface area contributed by atoms with E-state index in [0.717, 1.165) is 37.1 Å². The molecule has 3 nitrogen and oxygen atoms in total. The minimum Gasteiger partial charge on any atom is -0.496 e. The summed E-state index contributed by atoms with van der Waals surface area (Å²) in [5.41, 5.74) is 0.177. The van der Waals surface area contributed by atoms with E-state index < -0.39 is 5.60 Å². The van der Waals surface area contributed by atoms with Crippen molar-refractivity contribution in [3.8, 4) is 5.75 Å². The Bertz CT molecular complexity index is 407. The lowest BCUT2D eigenvalue weighted by Gasteiger charge is -2.38. The average molecular weight is 263 g/mol. The Morgan fingerprint density at radius 2 is 2.21 bits per heavy atom. The molecule has 2 rings (SSSR count). The lowest BCUT2D eigenvalue weighted by Crippen LogP contribution is -2.46. The van der Waals surface area contributed by atoms with Crippen molar-refractivity contribution in [3.63, 3.8) is 0 Å². The molecule has 2 N–H and O–H groups in total. The van der Waals surface area contributed by atoms with Crippen LogP contribution in [0.25, 0.3) is 0 Å². The number of para-hydroxylation sites is 1. The largest absolute Gasteiger partial charge is 0.496 e. The monoisotopic (exact) mass is 263 g/mol. The summed E-state index contributed by atoms with van der Waals surface area (Å²) in [5, 5.41) is 14.5. The van der Waals surface area contributed by atoms with Crippen LogP contribution in [-0.2, 0) is 5.60 Å². The van der Waals surface area contributed by atoms with Gasteiger partial charge >= 0.3 is 0 Å². The first-order valence-electron chi connectivity index (χ1n) is 7.29. The van der Waals surface area contributed by atoms with E-state index in [-0.39, 0.29) is 0 Å². The molecule has 0 radical (unpaired) electrons. The third-order valence-electron chi connectivity index (χ3n) is 4.07. The van der Waals surface area contributed by atoms with E-state index in [9.17, 15) is 5.11 Å². The molecule has 1 aromatic rings. The predicted molar refractivity (Wildman–Crippen MR) is 77.4 cm³/mol. The molecule has 2 atom stereocenters. The Hall–Kier alpha value is -1.06. The lowest BCUT2D eigenvalue weighted by atomic mass is 9.80. The molecule has 1 aromatic carbocycles. The molecule has 0 spiro atoms. The maximum atomic E-state index is 11.0. The number of ether oxygens (including phenoxy) is 1. The van der Waals surface area contributed by atoms with Crippen LogP contribution in [-0.4, -0.2) is 24.8 Å². The highest BCUT2D eigenvalue weighted by Gasteiger charge is 2.37. The molecule has 19 heavy (non-hydrogen) atoms. The summed E-state index contributed by atoms with van der Waals surface area (Å²) in [6.07, 6.45) is 5.06. The number of benzene rings is 1. The molecule has 3 heteroatoms. The Labute approximate surface area is 116 Å². The topological polar surface area (TPSA) is 41.5 Å². The van der Waals surface area contributed by atoms with Crippen molar-refractivity contribution in [1.82, 2.24) is 5.32 Å². The van der Waals surface area contributed by atoms with Crippen molar-refractivity contribution < 1.29 is 9.84 Å². The van der Waals surface area contributed by atoms with Crippen molar-refractivity contribution in [3.05, 3.63) is 29.8 Å². The second-order valence-electron chi connectivity index (χ2n) is 5.48. The Kier molecular flexibility index (Phi) is 4.83. The fraction of sp³-hybridized carbons (Fsp3) is 0.625. The van der Waals surface area contributed by atoms with E-state index in [0.29, 0.717) is 6.04 Å². The molecule has 0 saturated carbocycles. The van der Waals surface area contributed by atoms with Crippen LogP contribution in [0.3, 0.4) is 0 Å². The highest BCUT2D eigenvalue weighted by molar-refractivity contribution is 5.38. The Morgan fingerprint density at radius 1 is 1.42 bits per heavy atom. The van der Waals surface area contributed by atoms with Crippen LogP contribution < -0.4 is 10.1 Å². The van der Waals surface area contributed by atoms with Gasteiger partial charge in [0, 0.05) is 11.6 Å². The van der Waals surface area contributed by atoms with Crippen LogP contribution in [0.2, 0.25) is 0 Å². The van der Waals surface area contributed by atoms with Crippen LogP contribution in [0.4, 0.5) is 0 Å². The van der Waals surface area contributed by atoms with Crippen molar-refractivity contribution >= 4 is 0 Å². The molecular weight excluding hydrogens is 238 g/mol. The molecule has 1 saturated heterocycles. The van der Waals surface area contributed by atoms with E-state index in [1.807, 2.05) is 24.3 Å². The van der Waals surface area contributed by atoms with Crippen LogP contribution in [0.5, 0.6) is 5.75 Å². The van der Waals surface area contributed by atoms with Gasteiger partial charge in [0.15, 0.2) is 0 Å². The summed E-state index contributed by atoms with van der Waals surface area (Å²) < 4.78 is 5.40. The molecule has 0 bridgehead atoms. The summed E-state index contributed by atoms with van der Waals surface area (Å²) in [6.45, 7) is 3.07. The summed E-state index contributed by atoms with van der Waals surface area (Å²) in [6, 6.07) is 8.24. The van der Waals surface area contributed by atoms with E-state index in [4.69, 9.17) is 4.74 Å². The normalized spacial score (nSPS) is 27.2. The van der Waals surface area contributed by atoms with Gasteiger partial charge in [-0.05, 0) is 31.9 Å². The molecule has 1 fully saturated rings. The number of rotatable bonds is 5. The van der Waals surface area contributed by atoms with E-state index >= 15 is 0 Å². The van der Waals surface area contributed by atoms with Gasteiger partial charge in [-0.15, -0.1) is 0 Å². The minimum atomic E-state index is -0.754. The number of hydrogen-bond acceptors (Lipinski definition) is 3. The van der Waals surface area contributed by atoms with Gasteiger partial charge in [0.1, 0.15) is 5.75 Å². The van der Waals surface area contributed by atoms with Gasteiger partial charge in [-0.25, -0.2) is 0 Å². The average Bonchev–Trinajstić information content (AvgIpc) is 2.45. The minimum absolute atomic E-state index is 0.406. The zero-order valence-corrected chi connectivity index (χ0v) is 12.0. The fourth-order valence-corrected chi connectivity index (χ4v) is 2.99. The molecule has 106 valence electrons. The van der Waals surface area contributed by atoms with Crippen molar-refractivity contribution in [1.29, 1.82) is 0 Å². The first-order chi connectivity index (χ1) is 9.19. The lowest BCUT2D eigenvalue weighted by molar-refractivity contribution is -0.0121. The first kappa shape index (κ1) is 14.4. The molecule has 1 heterocycles. The highest BCUT2D eigenvalue weighted by Crippen LogP contribution is 2.38. The number of nitrogens with one attached hydrogen (secondary N) is 1. The first-order valence-corrected chi connectivity index (χ1v) is 7.29. The summed E-state index contributed by atoms with van der Waals surface area (Å²) >= 11 is 0. The zero-order chi connectivity index (χ0) is 13.7. The van der Waals surface area contributed by atoms with Gasteiger partial charge in [-0.3, -0.25) is 0 Å². The van der Waals surface area contributed by atoms with Crippen LogP contribution in [0.1, 0.15) is 44.6 Å². The van der Waals surface area contributed by atoms with Crippen molar-refractivity contribution in [2.75, 3.05) is 13.7 Å². The number of aliphatic hydroxyl groups is 1. The van der Waals surface area contributed by atoms with Crippen LogP contribution in [0, 0.1) is 0 Å². The Balaban J connectivity index is 2.16.